The van der Waals surface area contributed by atoms with E-state index in [-0.39, 0.29) is 5.76 Å². The van der Waals surface area contributed by atoms with Crippen LogP contribution in [0.15, 0.2) is 52.3 Å². The van der Waals surface area contributed by atoms with E-state index in [1.54, 1.807) is 24.5 Å². The smallest absolute Gasteiger partial charge is 0.371 e. The van der Waals surface area contributed by atoms with Crippen LogP contribution in [0.25, 0.3) is 11.0 Å². The molecular formula is C14H10N2O3S. The van der Waals surface area contributed by atoms with E-state index in [0.29, 0.717) is 16.5 Å². The summed E-state index contributed by atoms with van der Waals surface area (Å²) in [5, 5.41) is 10.4. The van der Waals surface area contributed by atoms with Gasteiger partial charge in [0.05, 0.1) is 0 Å². The summed E-state index contributed by atoms with van der Waals surface area (Å²) in [4.78, 5) is 19.1. The maximum absolute atomic E-state index is 10.9. The molecule has 3 aromatic rings. The van der Waals surface area contributed by atoms with E-state index in [4.69, 9.17) is 9.52 Å². The van der Waals surface area contributed by atoms with Crippen LogP contribution in [0.3, 0.4) is 0 Å². The summed E-state index contributed by atoms with van der Waals surface area (Å²) in [7, 11) is 0. The van der Waals surface area contributed by atoms with Crippen LogP contribution in [0.1, 0.15) is 16.1 Å². The molecule has 0 saturated heterocycles. The van der Waals surface area contributed by atoms with Crippen molar-refractivity contribution in [2.45, 2.75) is 10.9 Å². The molecule has 0 saturated carbocycles. The largest absolute Gasteiger partial charge is 0.475 e. The quantitative estimate of drug-likeness (QED) is 0.586. The Hall–Kier alpha value is -2.34. The van der Waals surface area contributed by atoms with Gasteiger partial charge in [-0.3, -0.25) is 0 Å². The molecule has 0 spiro atoms. The van der Waals surface area contributed by atoms with Gasteiger partial charge in [-0.15, -0.1) is 0 Å². The summed E-state index contributed by atoms with van der Waals surface area (Å²) in [5.41, 5.74) is 1.64. The number of rotatable bonds is 4. The van der Waals surface area contributed by atoms with Gasteiger partial charge in [0, 0.05) is 23.5 Å². The second-order valence-corrected chi connectivity index (χ2v) is 5.05. The van der Waals surface area contributed by atoms with Gasteiger partial charge in [-0.05, 0) is 29.8 Å². The summed E-state index contributed by atoms with van der Waals surface area (Å²) in [5.74, 6) is -0.390. The van der Waals surface area contributed by atoms with Crippen molar-refractivity contribution in [2.24, 2.45) is 0 Å². The van der Waals surface area contributed by atoms with Crippen molar-refractivity contribution < 1.29 is 14.3 Å². The van der Waals surface area contributed by atoms with Gasteiger partial charge in [0.25, 0.3) is 0 Å². The first-order valence-corrected chi connectivity index (χ1v) is 6.86. The van der Waals surface area contributed by atoms with Crippen LogP contribution in [-0.2, 0) is 5.75 Å². The molecule has 2 aromatic heterocycles. The number of hydrogen-bond donors (Lipinski definition) is 1. The van der Waals surface area contributed by atoms with Gasteiger partial charge < -0.3 is 9.52 Å². The van der Waals surface area contributed by atoms with Crippen molar-refractivity contribution >= 4 is 28.7 Å². The molecule has 0 radical (unpaired) electrons. The molecule has 0 aliphatic rings. The highest BCUT2D eigenvalue weighted by Crippen LogP contribution is 2.24. The fraction of sp³-hybridized carbons (Fsp3) is 0.0714. The lowest BCUT2D eigenvalue weighted by atomic mass is 10.2. The molecule has 0 amide bonds. The lowest BCUT2D eigenvalue weighted by Gasteiger charge is -2.00. The number of hydrogen-bond acceptors (Lipinski definition) is 5. The normalized spacial score (nSPS) is 10.8. The number of carbonyl (C=O) groups is 1. The summed E-state index contributed by atoms with van der Waals surface area (Å²) < 4.78 is 5.22. The molecule has 3 rings (SSSR count). The fourth-order valence-electron chi connectivity index (χ4n) is 1.80. The van der Waals surface area contributed by atoms with Crippen molar-refractivity contribution in [1.82, 2.24) is 9.97 Å². The number of furan rings is 1. The van der Waals surface area contributed by atoms with E-state index in [2.05, 4.69) is 9.97 Å². The van der Waals surface area contributed by atoms with Gasteiger partial charge >= 0.3 is 5.97 Å². The third-order valence-electron chi connectivity index (χ3n) is 2.70. The summed E-state index contributed by atoms with van der Waals surface area (Å²) in [6.07, 6.45) is 3.40. The minimum Gasteiger partial charge on any atom is -0.475 e. The number of aromatic nitrogens is 2. The average Bonchev–Trinajstić information content (AvgIpc) is 2.89. The van der Waals surface area contributed by atoms with Crippen LogP contribution in [0.4, 0.5) is 0 Å². The van der Waals surface area contributed by atoms with Crippen molar-refractivity contribution in [2.75, 3.05) is 0 Å². The van der Waals surface area contributed by atoms with Gasteiger partial charge in [0.15, 0.2) is 5.16 Å². The molecule has 0 unspecified atom stereocenters. The van der Waals surface area contributed by atoms with Crippen molar-refractivity contribution in [1.29, 1.82) is 0 Å². The first-order valence-electron chi connectivity index (χ1n) is 5.88. The van der Waals surface area contributed by atoms with Crippen molar-refractivity contribution in [3.63, 3.8) is 0 Å². The lowest BCUT2D eigenvalue weighted by molar-refractivity contribution is 0.0665. The Bertz CT molecular complexity index is 755. The van der Waals surface area contributed by atoms with Crippen LogP contribution in [-0.4, -0.2) is 21.0 Å². The predicted octanol–water partition coefficient (Wildman–Crippen LogP) is 3.21. The first-order chi connectivity index (χ1) is 9.72. The molecule has 100 valence electrons. The zero-order chi connectivity index (χ0) is 13.9. The van der Waals surface area contributed by atoms with E-state index in [0.717, 1.165) is 10.9 Å². The molecule has 6 heteroatoms. The Morgan fingerprint density at radius 2 is 2.05 bits per heavy atom. The second kappa shape index (κ2) is 5.34. The molecule has 20 heavy (non-hydrogen) atoms. The van der Waals surface area contributed by atoms with Crippen molar-refractivity contribution in [3.05, 3.63) is 54.0 Å². The Morgan fingerprint density at radius 1 is 1.25 bits per heavy atom. The van der Waals surface area contributed by atoms with E-state index in [1.807, 2.05) is 12.1 Å². The molecule has 0 fully saturated rings. The summed E-state index contributed by atoms with van der Waals surface area (Å²) in [6.45, 7) is 0. The first kappa shape index (κ1) is 12.7. The Morgan fingerprint density at radius 3 is 2.80 bits per heavy atom. The second-order valence-electron chi connectivity index (χ2n) is 4.11. The topological polar surface area (TPSA) is 76.2 Å². The molecule has 5 nitrogen and oxygen atoms in total. The average molecular weight is 286 g/mol. The number of carboxylic acid groups (broad SMARTS) is 1. The summed E-state index contributed by atoms with van der Waals surface area (Å²) in [6, 6.07) is 8.91. The van der Waals surface area contributed by atoms with Crippen molar-refractivity contribution in [3.8, 4) is 0 Å². The van der Waals surface area contributed by atoms with Crippen LogP contribution in [0, 0.1) is 0 Å². The predicted molar refractivity (Wildman–Crippen MR) is 74.8 cm³/mol. The number of fused-ring (bicyclic) bond motifs is 1. The molecule has 1 N–H and O–H groups in total. The number of thioether (sulfide) groups is 1. The van der Waals surface area contributed by atoms with Crippen LogP contribution in [0.5, 0.6) is 0 Å². The SMILES string of the molecule is O=C(O)c1cc2cc(CSc3ncccn3)ccc2o1. The minimum absolute atomic E-state index is 0.0452. The summed E-state index contributed by atoms with van der Waals surface area (Å²) >= 11 is 1.53. The molecule has 0 bridgehead atoms. The zero-order valence-electron chi connectivity index (χ0n) is 10.3. The van der Waals surface area contributed by atoms with Crippen LogP contribution >= 0.6 is 11.8 Å². The van der Waals surface area contributed by atoms with E-state index < -0.39 is 5.97 Å². The molecule has 1 aromatic carbocycles. The van der Waals surface area contributed by atoms with Gasteiger partial charge in [0.1, 0.15) is 5.58 Å². The van der Waals surface area contributed by atoms with Gasteiger partial charge in [-0.2, -0.15) is 0 Å². The molecule has 0 aliphatic carbocycles. The van der Waals surface area contributed by atoms with Crippen LogP contribution < -0.4 is 0 Å². The maximum Gasteiger partial charge on any atom is 0.371 e. The number of aromatic carboxylic acids is 1. The monoisotopic (exact) mass is 286 g/mol. The number of benzene rings is 1. The minimum atomic E-state index is -1.06. The Kier molecular flexibility index (Phi) is 3.39. The number of carboxylic acids is 1. The van der Waals surface area contributed by atoms with E-state index >= 15 is 0 Å². The molecular weight excluding hydrogens is 276 g/mol. The van der Waals surface area contributed by atoms with Gasteiger partial charge in [-0.25, -0.2) is 14.8 Å². The zero-order valence-corrected chi connectivity index (χ0v) is 11.1. The Balaban J connectivity index is 1.80. The van der Waals surface area contributed by atoms with Crippen LogP contribution in [0.2, 0.25) is 0 Å². The Labute approximate surface area is 118 Å². The fourth-order valence-corrected chi connectivity index (χ4v) is 2.54. The third-order valence-corrected chi connectivity index (χ3v) is 3.65. The maximum atomic E-state index is 10.9. The lowest BCUT2D eigenvalue weighted by Crippen LogP contribution is -1.91. The highest BCUT2D eigenvalue weighted by atomic mass is 32.2. The molecule has 0 atom stereocenters. The molecule has 2 heterocycles. The highest BCUT2D eigenvalue weighted by Gasteiger charge is 2.10. The third kappa shape index (κ3) is 2.65. The van der Waals surface area contributed by atoms with Gasteiger partial charge in [0.2, 0.25) is 5.76 Å². The highest BCUT2D eigenvalue weighted by molar-refractivity contribution is 7.98. The van der Waals surface area contributed by atoms with E-state index in [9.17, 15) is 4.79 Å². The standard InChI is InChI=1S/C14H10N2O3S/c17-13(18)12-7-10-6-9(2-3-11(10)19-12)8-20-14-15-4-1-5-16-14/h1-7H,8H2,(H,17,18). The van der Waals surface area contributed by atoms with E-state index in [1.165, 1.54) is 17.8 Å². The van der Waals surface area contributed by atoms with Gasteiger partial charge in [-0.1, -0.05) is 17.8 Å². The number of nitrogens with zero attached hydrogens (tertiary/aromatic N) is 2. The molecule has 0 aliphatic heterocycles.